The molecule has 0 atom stereocenters. The fourth-order valence-corrected chi connectivity index (χ4v) is 1.79. The van der Waals surface area contributed by atoms with Crippen molar-refractivity contribution in [3.05, 3.63) is 53.6 Å². The number of nitrogens with zero attached hydrogens (tertiary/aromatic N) is 1. The van der Waals surface area contributed by atoms with Crippen molar-refractivity contribution in [3.8, 4) is 0 Å². The first-order chi connectivity index (χ1) is 10.2. The van der Waals surface area contributed by atoms with Crippen molar-refractivity contribution in [1.82, 2.24) is 15.3 Å². The zero-order valence-corrected chi connectivity index (χ0v) is 11.8. The van der Waals surface area contributed by atoms with Gasteiger partial charge in [0.15, 0.2) is 0 Å². The molecule has 1 heterocycles. The highest BCUT2D eigenvalue weighted by Crippen LogP contribution is 2.01. The number of hydrogen-bond acceptors (Lipinski definition) is 4. The Morgan fingerprint density at radius 1 is 1.29 bits per heavy atom. The fourth-order valence-electron chi connectivity index (χ4n) is 1.79. The minimum Gasteiger partial charge on any atom is -0.460 e. The lowest BCUT2D eigenvalue weighted by Gasteiger charge is -2.03. The third-order valence-corrected chi connectivity index (χ3v) is 2.81. The van der Waals surface area contributed by atoms with Crippen molar-refractivity contribution in [2.45, 2.75) is 13.3 Å². The van der Waals surface area contributed by atoms with Crippen LogP contribution in [0.1, 0.15) is 33.6 Å². The van der Waals surface area contributed by atoms with Gasteiger partial charge in [0.25, 0.3) is 5.91 Å². The third kappa shape index (κ3) is 4.17. The molecule has 0 aliphatic rings. The van der Waals surface area contributed by atoms with Gasteiger partial charge in [-0.3, -0.25) is 4.79 Å². The normalized spacial score (nSPS) is 10.1. The molecule has 2 N–H and O–H groups in total. The number of aromatic amines is 1. The van der Waals surface area contributed by atoms with E-state index >= 15 is 0 Å². The molecule has 0 fully saturated rings. The van der Waals surface area contributed by atoms with E-state index in [9.17, 15) is 9.59 Å². The summed E-state index contributed by atoms with van der Waals surface area (Å²) in [5.41, 5.74) is 1.39. The number of amides is 1. The quantitative estimate of drug-likeness (QED) is 0.790. The van der Waals surface area contributed by atoms with Gasteiger partial charge in [0.05, 0.1) is 6.61 Å². The van der Waals surface area contributed by atoms with Gasteiger partial charge in [-0.15, -0.1) is 0 Å². The number of H-pyrrole nitrogens is 1. The third-order valence-electron chi connectivity index (χ3n) is 2.81. The Hall–Kier alpha value is -2.63. The molecule has 0 saturated carbocycles. The maximum Gasteiger partial charge on any atom is 0.374 e. The largest absolute Gasteiger partial charge is 0.460 e. The van der Waals surface area contributed by atoms with Crippen LogP contribution in [0.5, 0.6) is 0 Å². The Balaban J connectivity index is 1.81. The van der Waals surface area contributed by atoms with Gasteiger partial charge in [-0.2, -0.15) is 0 Å². The summed E-state index contributed by atoms with van der Waals surface area (Å²) in [6, 6.07) is 9.00. The molecule has 6 nitrogen and oxygen atoms in total. The molecular formula is C15H17N3O3. The first-order valence-electron chi connectivity index (χ1n) is 6.75. The van der Waals surface area contributed by atoms with Crippen LogP contribution >= 0.6 is 0 Å². The van der Waals surface area contributed by atoms with Gasteiger partial charge < -0.3 is 15.0 Å². The number of rotatable bonds is 6. The zero-order valence-electron chi connectivity index (χ0n) is 11.8. The second-order valence-electron chi connectivity index (χ2n) is 4.35. The van der Waals surface area contributed by atoms with E-state index in [1.54, 1.807) is 25.3 Å². The number of esters is 1. The number of hydrogen-bond donors (Lipinski definition) is 2. The molecule has 0 bridgehead atoms. The summed E-state index contributed by atoms with van der Waals surface area (Å²) in [4.78, 5) is 30.1. The van der Waals surface area contributed by atoms with E-state index in [0.29, 0.717) is 25.1 Å². The number of imidazole rings is 1. The van der Waals surface area contributed by atoms with Crippen LogP contribution in [0.25, 0.3) is 0 Å². The van der Waals surface area contributed by atoms with Crippen molar-refractivity contribution in [2.75, 3.05) is 13.2 Å². The first-order valence-corrected chi connectivity index (χ1v) is 6.75. The highest BCUT2D eigenvalue weighted by Gasteiger charge is 2.11. The molecule has 21 heavy (non-hydrogen) atoms. The predicted molar refractivity (Wildman–Crippen MR) is 77.0 cm³/mol. The lowest BCUT2D eigenvalue weighted by Crippen LogP contribution is -2.25. The number of nitrogens with one attached hydrogen (secondary N) is 2. The second kappa shape index (κ2) is 7.23. The monoisotopic (exact) mass is 287 g/mol. The van der Waals surface area contributed by atoms with E-state index in [1.807, 2.05) is 18.2 Å². The van der Waals surface area contributed by atoms with Crippen molar-refractivity contribution < 1.29 is 14.3 Å². The Kier molecular flexibility index (Phi) is 5.09. The summed E-state index contributed by atoms with van der Waals surface area (Å²) in [5, 5.41) is 2.81. The van der Waals surface area contributed by atoms with Crippen LogP contribution in [-0.4, -0.2) is 35.0 Å². The lowest BCUT2D eigenvalue weighted by molar-refractivity contribution is 0.0513. The molecule has 110 valence electrons. The number of carbonyl (C=O) groups excluding carboxylic acids is 2. The molecule has 0 radical (unpaired) electrons. The predicted octanol–water partition coefficient (Wildman–Crippen LogP) is 1.56. The van der Waals surface area contributed by atoms with Gasteiger partial charge in [-0.25, -0.2) is 9.78 Å². The van der Waals surface area contributed by atoms with E-state index < -0.39 is 5.97 Å². The van der Waals surface area contributed by atoms with Crippen LogP contribution in [0.3, 0.4) is 0 Å². The summed E-state index contributed by atoms with van der Waals surface area (Å²) in [6.45, 7) is 2.50. The standard InChI is InChI=1S/C15H17N3O3/c1-2-21-15(20)13-17-10-12(18-13)8-9-16-14(19)11-6-4-3-5-7-11/h3-7,10H,2,8-9H2,1H3,(H,16,19)(H,17,18). The molecule has 1 aromatic heterocycles. The molecule has 1 aromatic carbocycles. The number of benzene rings is 1. The minimum absolute atomic E-state index is 0.124. The maximum absolute atomic E-state index is 11.8. The maximum atomic E-state index is 11.8. The molecule has 0 aliphatic carbocycles. The van der Waals surface area contributed by atoms with Gasteiger partial charge in [-0.05, 0) is 19.1 Å². The first kappa shape index (κ1) is 14.8. The highest BCUT2D eigenvalue weighted by molar-refractivity contribution is 5.94. The molecule has 0 unspecified atom stereocenters. The Morgan fingerprint density at radius 3 is 2.76 bits per heavy atom. The van der Waals surface area contributed by atoms with Crippen molar-refractivity contribution in [2.24, 2.45) is 0 Å². The SMILES string of the molecule is CCOC(=O)c1ncc(CCNC(=O)c2ccccc2)[nH]1. The van der Waals surface area contributed by atoms with Gasteiger partial charge >= 0.3 is 5.97 Å². The Labute approximate surface area is 122 Å². The smallest absolute Gasteiger partial charge is 0.374 e. The topological polar surface area (TPSA) is 84.1 Å². The van der Waals surface area contributed by atoms with Crippen LogP contribution in [0.15, 0.2) is 36.5 Å². The van der Waals surface area contributed by atoms with Crippen LogP contribution in [0, 0.1) is 0 Å². The van der Waals surface area contributed by atoms with Gasteiger partial charge in [0.2, 0.25) is 5.82 Å². The average Bonchev–Trinajstić information content (AvgIpc) is 2.97. The van der Waals surface area contributed by atoms with Crippen molar-refractivity contribution >= 4 is 11.9 Å². The summed E-state index contributed by atoms with van der Waals surface area (Å²) >= 11 is 0. The lowest BCUT2D eigenvalue weighted by atomic mass is 10.2. The molecule has 0 spiro atoms. The molecule has 1 amide bonds. The molecular weight excluding hydrogens is 270 g/mol. The highest BCUT2D eigenvalue weighted by atomic mass is 16.5. The van der Waals surface area contributed by atoms with E-state index in [0.717, 1.165) is 5.69 Å². The van der Waals surface area contributed by atoms with Crippen LogP contribution in [0.2, 0.25) is 0 Å². The van der Waals surface area contributed by atoms with E-state index in [4.69, 9.17) is 4.74 Å². The Morgan fingerprint density at radius 2 is 2.05 bits per heavy atom. The zero-order chi connectivity index (χ0) is 15.1. The second-order valence-corrected chi connectivity index (χ2v) is 4.35. The number of ether oxygens (including phenoxy) is 1. The fraction of sp³-hybridized carbons (Fsp3) is 0.267. The summed E-state index contributed by atoms with van der Waals surface area (Å²) < 4.78 is 4.84. The van der Waals surface area contributed by atoms with E-state index in [2.05, 4.69) is 15.3 Å². The molecule has 2 aromatic rings. The van der Waals surface area contributed by atoms with Gasteiger partial charge in [0, 0.05) is 30.4 Å². The summed E-state index contributed by atoms with van der Waals surface area (Å²) in [5.74, 6) is -0.418. The average molecular weight is 287 g/mol. The summed E-state index contributed by atoms with van der Waals surface area (Å²) in [6.07, 6.45) is 2.13. The van der Waals surface area contributed by atoms with Crippen molar-refractivity contribution in [1.29, 1.82) is 0 Å². The Bertz CT molecular complexity index is 608. The molecule has 0 aliphatic heterocycles. The van der Waals surface area contributed by atoms with Crippen LogP contribution < -0.4 is 5.32 Å². The van der Waals surface area contributed by atoms with E-state index in [-0.39, 0.29) is 11.7 Å². The van der Waals surface area contributed by atoms with Gasteiger partial charge in [-0.1, -0.05) is 18.2 Å². The number of carbonyl (C=O) groups is 2. The molecule has 0 saturated heterocycles. The van der Waals surface area contributed by atoms with Crippen molar-refractivity contribution in [3.63, 3.8) is 0 Å². The summed E-state index contributed by atoms with van der Waals surface area (Å²) in [7, 11) is 0. The van der Waals surface area contributed by atoms with Crippen LogP contribution in [-0.2, 0) is 11.2 Å². The van der Waals surface area contributed by atoms with E-state index in [1.165, 1.54) is 0 Å². The minimum atomic E-state index is -0.475. The molecule has 6 heteroatoms. The molecule has 2 rings (SSSR count). The number of aromatic nitrogens is 2. The van der Waals surface area contributed by atoms with Crippen LogP contribution in [0.4, 0.5) is 0 Å². The van der Waals surface area contributed by atoms with Gasteiger partial charge in [0.1, 0.15) is 0 Å².